The minimum Gasteiger partial charge on any atom is -0.465 e. The lowest BCUT2D eigenvalue weighted by Crippen LogP contribution is -2.00. The molecule has 0 saturated carbocycles. The number of hydrogen-bond donors (Lipinski definition) is 0. The van der Waals surface area contributed by atoms with E-state index in [4.69, 9.17) is 0 Å². The van der Waals surface area contributed by atoms with Gasteiger partial charge in [0, 0.05) is 35.0 Å². The Kier molecular flexibility index (Phi) is 9.78. The van der Waals surface area contributed by atoms with Crippen molar-refractivity contribution in [3.63, 3.8) is 0 Å². The largest absolute Gasteiger partial charge is 0.465 e. The lowest BCUT2D eigenvalue weighted by molar-refractivity contribution is 0.0594. The molecule has 4 aromatic heterocycles. The fraction of sp³-hybridized carbons (Fsp3) is 0.333. The highest BCUT2D eigenvalue weighted by atomic mass is 32.1. The van der Waals surface area contributed by atoms with Crippen LogP contribution in [0.25, 0.3) is 20.2 Å². The van der Waals surface area contributed by atoms with Gasteiger partial charge in [0.05, 0.1) is 18.9 Å². The van der Waals surface area contributed by atoms with Crippen molar-refractivity contribution in [1.29, 1.82) is 0 Å². The van der Waals surface area contributed by atoms with E-state index in [1.165, 1.54) is 45.4 Å². The molecule has 0 aliphatic rings. The number of esters is 2. The number of rotatable bonds is 2. The van der Waals surface area contributed by atoms with Crippen LogP contribution >= 0.6 is 45.3 Å². The van der Waals surface area contributed by atoms with Gasteiger partial charge in [-0.15, -0.1) is 45.3 Å². The molecule has 4 heterocycles. The molecule has 0 N–H and O–H groups in total. The van der Waals surface area contributed by atoms with Crippen LogP contribution in [0.4, 0.5) is 4.39 Å². The maximum absolute atomic E-state index is 13.9. The molecule has 0 spiro atoms. The van der Waals surface area contributed by atoms with Crippen molar-refractivity contribution in [1.82, 2.24) is 0 Å². The summed E-state index contributed by atoms with van der Waals surface area (Å²) in [6.07, 6.45) is 4.00. The first kappa shape index (κ1) is 27.2. The number of hydrogen-bond acceptors (Lipinski definition) is 8. The van der Waals surface area contributed by atoms with Gasteiger partial charge in [0.1, 0.15) is 9.75 Å². The zero-order chi connectivity index (χ0) is 24.9. The molecule has 33 heavy (non-hydrogen) atoms. The van der Waals surface area contributed by atoms with Crippen LogP contribution in [0, 0.1) is 33.5 Å². The van der Waals surface area contributed by atoms with Crippen LogP contribution in [-0.2, 0) is 9.47 Å². The first-order chi connectivity index (χ1) is 15.6. The summed E-state index contributed by atoms with van der Waals surface area (Å²) in [5, 5.41) is 1.76. The van der Waals surface area contributed by atoms with E-state index in [1.54, 1.807) is 22.7 Å². The zero-order valence-corrected chi connectivity index (χ0v) is 23.1. The fourth-order valence-corrected chi connectivity index (χ4v) is 7.56. The monoisotopic (exact) mass is 526 g/mol. The van der Waals surface area contributed by atoms with Gasteiger partial charge in [-0.2, -0.15) is 0 Å². The van der Waals surface area contributed by atoms with E-state index in [1.807, 2.05) is 45.9 Å². The molecule has 0 aliphatic carbocycles. The van der Waals surface area contributed by atoms with Gasteiger partial charge in [0.25, 0.3) is 0 Å². The van der Waals surface area contributed by atoms with E-state index >= 15 is 0 Å². The third-order valence-electron chi connectivity index (χ3n) is 4.66. The number of methoxy groups -OCH3 is 2. The number of carbonyl (C=O) groups excluding carboxylic acids is 2. The Morgan fingerprint density at radius 2 is 1.33 bits per heavy atom. The summed E-state index contributed by atoms with van der Waals surface area (Å²) < 4.78 is 25.1. The second-order valence-corrected chi connectivity index (χ2v) is 11.8. The Morgan fingerprint density at radius 3 is 1.82 bits per heavy atom. The van der Waals surface area contributed by atoms with Gasteiger partial charge in [0.2, 0.25) is 0 Å². The Hall–Kier alpha value is -2.07. The molecule has 9 heteroatoms. The summed E-state index contributed by atoms with van der Waals surface area (Å²) in [7, 11) is 2.67. The van der Waals surface area contributed by atoms with Crippen molar-refractivity contribution in [3.05, 3.63) is 53.3 Å². The van der Waals surface area contributed by atoms with E-state index in [-0.39, 0.29) is 10.8 Å². The smallest absolute Gasteiger partial charge is 0.351 e. The van der Waals surface area contributed by atoms with E-state index in [9.17, 15) is 14.0 Å². The molecule has 0 unspecified atom stereocenters. The van der Waals surface area contributed by atoms with Crippen molar-refractivity contribution in [2.75, 3.05) is 14.2 Å². The van der Waals surface area contributed by atoms with Gasteiger partial charge in [-0.25, -0.2) is 14.0 Å². The Morgan fingerprint density at radius 1 is 0.788 bits per heavy atom. The second-order valence-electron chi connectivity index (χ2n) is 6.88. The highest BCUT2D eigenvalue weighted by molar-refractivity contribution is 7.26. The van der Waals surface area contributed by atoms with Crippen LogP contribution in [0.15, 0.2) is 18.2 Å². The normalized spacial score (nSPS) is 10.7. The maximum atomic E-state index is 13.9. The summed E-state index contributed by atoms with van der Waals surface area (Å²) in [5.74, 6) is -1.28. The van der Waals surface area contributed by atoms with Crippen LogP contribution in [0.1, 0.15) is 52.7 Å². The third-order valence-corrected chi connectivity index (χ3v) is 9.47. The average Bonchev–Trinajstić information content (AvgIpc) is 3.52. The van der Waals surface area contributed by atoms with Crippen LogP contribution in [0.2, 0.25) is 0 Å². The standard InChI is InChI=1S/C10H9FO2S2.C10H10O2S2.C4H8/c1-4-6-7(11)9(10(12)13-3)15-8(6)5(2)14-4;1-5-7-4-8(10(11)12-3)14-9(7)6(2)13-5;1-3-4-2/h1-3H3;4H,1-3H3;3-4H,1-2H3. The third kappa shape index (κ3) is 5.90. The molecule has 0 aliphatic heterocycles. The van der Waals surface area contributed by atoms with Crippen molar-refractivity contribution >= 4 is 77.5 Å². The molecule has 4 nitrogen and oxygen atoms in total. The Bertz CT molecular complexity index is 1260. The van der Waals surface area contributed by atoms with Crippen molar-refractivity contribution in [2.24, 2.45) is 0 Å². The first-order valence-corrected chi connectivity index (χ1v) is 13.3. The first-order valence-electron chi connectivity index (χ1n) is 10.0. The van der Waals surface area contributed by atoms with Gasteiger partial charge < -0.3 is 9.47 Å². The predicted octanol–water partition coefficient (Wildman–Crippen LogP) is 8.45. The molecule has 0 bridgehead atoms. The van der Waals surface area contributed by atoms with E-state index in [0.717, 1.165) is 25.8 Å². The van der Waals surface area contributed by atoms with Gasteiger partial charge in [-0.1, -0.05) is 12.2 Å². The molecule has 0 atom stereocenters. The quantitative estimate of drug-likeness (QED) is 0.194. The van der Waals surface area contributed by atoms with Gasteiger partial charge in [0.15, 0.2) is 5.82 Å². The molecule has 178 valence electrons. The molecule has 0 aromatic carbocycles. The summed E-state index contributed by atoms with van der Waals surface area (Å²) in [4.78, 5) is 27.8. The zero-order valence-electron chi connectivity index (χ0n) is 19.9. The molecule has 4 rings (SSSR count). The minimum absolute atomic E-state index is 0.0708. The molecular formula is C24H27FO4S4. The van der Waals surface area contributed by atoms with Crippen LogP contribution < -0.4 is 0 Å². The summed E-state index contributed by atoms with van der Waals surface area (Å²) >= 11 is 6.00. The second kappa shape index (κ2) is 11.9. The number of aryl methyl sites for hydroxylation is 4. The van der Waals surface area contributed by atoms with Crippen LogP contribution in [0.3, 0.4) is 0 Å². The van der Waals surface area contributed by atoms with Crippen LogP contribution in [-0.4, -0.2) is 26.2 Å². The number of fused-ring (bicyclic) bond motifs is 2. The molecule has 4 aromatic rings. The number of allylic oxidation sites excluding steroid dienone is 2. The highest BCUT2D eigenvalue weighted by Crippen LogP contribution is 2.39. The van der Waals surface area contributed by atoms with Gasteiger partial charge in [-0.05, 0) is 47.6 Å². The van der Waals surface area contributed by atoms with Gasteiger partial charge >= 0.3 is 11.9 Å². The minimum atomic E-state index is -0.600. The van der Waals surface area contributed by atoms with Gasteiger partial charge in [-0.3, -0.25) is 0 Å². The highest BCUT2D eigenvalue weighted by Gasteiger charge is 2.22. The Labute approximate surface area is 209 Å². The van der Waals surface area contributed by atoms with Crippen molar-refractivity contribution in [3.8, 4) is 0 Å². The SMILES string of the molecule is CC=CC.COC(=O)c1cc2c(C)sc(C)c2s1.COC(=O)c1sc2c(C)sc(C)c2c1F. The van der Waals surface area contributed by atoms with Crippen molar-refractivity contribution < 1.29 is 23.5 Å². The molecule has 0 saturated heterocycles. The van der Waals surface area contributed by atoms with E-state index < -0.39 is 11.8 Å². The predicted molar refractivity (Wildman–Crippen MR) is 141 cm³/mol. The Balaban J connectivity index is 0.000000202. The number of carbonyl (C=O) groups is 2. The molecular weight excluding hydrogens is 500 g/mol. The van der Waals surface area contributed by atoms with Crippen LogP contribution in [0.5, 0.6) is 0 Å². The summed E-state index contributed by atoms with van der Waals surface area (Å²) in [6, 6.07) is 1.92. The topological polar surface area (TPSA) is 52.6 Å². The number of ether oxygens (including phenoxy) is 2. The van der Waals surface area contributed by atoms with E-state index in [2.05, 4.69) is 23.3 Å². The van der Waals surface area contributed by atoms with Crippen molar-refractivity contribution in [2.45, 2.75) is 41.5 Å². The molecule has 0 fully saturated rings. The summed E-state index contributed by atoms with van der Waals surface area (Å²) in [5.41, 5.74) is 0. The molecule has 0 amide bonds. The lowest BCUT2D eigenvalue weighted by Gasteiger charge is -1.94. The maximum Gasteiger partial charge on any atom is 0.351 e. The van der Waals surface area contributed by atoms with E-state index in [0.29, 0.717) is 10.3 Å². The fourth-order valence-electron chi connectivity index (χ4n) is 2.97. The number of thiophene rings is 4. The molecule has 0 radical (unpaired) electrons. The average molecular weight is 527 g/mol. The number of halogens is 1. The summed E-state index contributed by atoms with van der Waals surface area (Å²) in [6.45, 7) is 11.9. The lowest BCUT2D eigenvalue weighted by atomic mass is 10.3.